The molecule has 1 amide bonds. The van der Waals surface area contributed by atoms with Crippen LogP contribution in [0.25, 0.3) is 5.41 Å². The summed E-state index contributed by atoms with van der Waals surface area (Å²) in [5.74, 6) is -0.206. The van der Waals surface area contributed by atoms with E-state index in [0.29, 0.717) is 10.6 Å². The van der Waals surface area contributed by atoms with Gasteiger partial charge in [-0.15, -0.1) is 11.3 Å². The zero-order valence-electron chi connectivity index (χ0n) is 20.5. The predicted octanol–water partition coefficient (Wildman–Crippen LogP) is 5.14. The summed E-state index contributed by atoms with van der Waals surface area (Å²) in [6, 6.07) is 36.6. The van der Waals surface area contributed by atoms with Crippen LogP contribution in [0.15, 0.2) is 132 Å². The van der Waals surface area contributed by atoms with Crippen molar-refractivity contribution in [3.8, 4) is 0 Å². The fourth-order valence-corrected chi connectivity index (χ4v) is 6.31. The van der Waals surface area contributed by atoms with E-state index < -0.39 is 7.92 Å². The minimum absolute atomic E-state index is 0. The number of carbonyl (C=O) groups is 1. The smallest absolute Gasteiger partial charge is 0.753 e. The third-order valence-corrected chi connectivity index (χ3v) is 8.34. The number of amides is 1. The second-order valence-corrected chi connectivity index (χ2v) is 10.9. The molecule has 6 nitrogen and oxygen atoms in total. The Morgan fingerprint density at radius 1 is 0.846 bits per heavy atom. The summed E-state index contributed by atoms with van der Waals surface area (Å²) >= 11 is 5.07. The van der Waals surface area contributed by atoms with E-state index in [4.69, 9.17) is 5.41 Å². The number of isothiocyanates is 1. The Balaban J connectivity index is 0.000000246. The molecule has 0 atom stereocenters. The second kappa shape index (κ2) is 18.6. The number of rotatable bonds is 6. The van der Waals surface area contributed by atoms with Crippen molar-refractivity contribution in [1.82, 2.24) is 15.4 Å². The van der Waals surface area contributed by atoms with Gasteiger partial charge in [-0.1, -0.05) is 66.8 Å². The molecule has 2 aromatic carbocycles. The minimum atomic E-state index is -0.988. The van der Waals surface area contributed by atoms with Crippen molar-refractivity contribution in [3.63, 3.8) is 0 Å². The summed E-state index contributed by atoms with van der Waals surface area (Å²) < 4.78 is 0. The first kappa shape index (κ1) is 31.5. The van der Waals surface area contributed by atoms with Crippen LogP contribution < -0.4 is 21.5 Å². The van der Waals surface area contributed by atoms with Gasteiger partial charge in [0.15, 0.2) is 5.44 Å². The van der Waals surface area contributed by atoms with Crippen molar-refractivity contribution < 1.29 is 21.9 Å². The molecule has 0 bridgehead atoms. The molecule has 0 aliphatic heterocycles. The fraction of sp³-hybridized carbons (Fsp3) is 0. The Kier molecular flexibility index (Phi) is 15.0. The summed E-state index contributed by atoms with van der Waals surface area (Å²) in [4.78, 5) is 20.7. The molecular weight excluding hydrogens is 593 g/mol. The van der Waals surface area contributed by atoms with Gasteiger partial charge in [-0.05, 0) is 53.9 Å². The van der Waals surface area contributed by atoms with Gasteiger partial charge >= 0.3 is 17.1 Å². The van der Waals surface area contributed by atoms with E-state index in [1.807, 2.05) is 35.8 Å². The summed E-state index contributed by atoms with van der Waals surface area (Å²) in [6.07, 6.45) is 5.06. The van der Waals surface area contributed by atoms with Crippen LogP contribution in [0.5, 0.6) is 0 Å². The van der Waals surface area contributed by atoms with E-state index in [2.05, 4.69) is 106 Å². The van der Waals surface area contributed by atoms with Crippen molar-refractivity contribution in [1.29, 1.82) is 0 Å². The number of thiophene rings is 1. The maximum Gasteiger partial charge on any atom is 1.00 e. The van der Waals surface area contributed by atoms with Gasteiger partial charge in [0.2, 0.25) is 0 Å². The molecule has 39 heavy (non-hydrogen) atoms. The molecule has 0 aliphatic carbocycles. The second-order valence-electron chi connectivity index (χ2n) is 7.34. The first-order chi connectivity index (χ1) is 18.7. The van der Waals surface area contributed by atoms with Crippen LogP contribution in [-0.4, -0.2) is 27.3 Å². The van der Waals surface area contributed by atoms with E-state index in [9.17, 15) is 4.79 Å². The van der Waals surface area contributed by atoms with Crippen molar-refractivity contribution in [3.05, 3.63) is 143 Å². The van der Waals surface area contributed by atoms with E-state index >= 15 is 0 Å². The SMILES string of the molecule is O=C(N/N=C/c1ccccn1)c1cccs1.[Cu+].[N-]=C=S.c1ccc([PH+](c2ccccc2)c2ccccn2)cc1. The number of benzene rings is 2. The van der Waals surface area contributed by atoms with E-state index in [1.165, 1.54) is 38.8 Å². The first-order valence-corrected chi connectivity index (χ1v) is 14.2. The maximum absolute atomic E-state index is 11.5. The molecule has 3 heterocycles. The average Bonchev–Trinajstić information content (AvgIpc) is 3.52. The maximum atomic E-state index is 11.5. The number of nitrogens with zero attached hydrogens (tertiary/aromatic N) is 4. The normalized spacial score (nSPS) is 9.67. The van der Waals surface area contributed by atoms with Crippen LogP contribution in [-0.2, 0) is 17.1 Å². The van der Waals surface area contributed by atoms with E-state index in [-0.39, 0.29) is 23.0 Å². The Labute approximate surface area is 249 Å². The van der Waals surface area contributed by atoms with Gasteiger partial charge < -0.3 is 5.41 Å². The molecular formula is C29H24CuN5OPS2+. The van der Waals surface area contributed by atoms with Gasteiger partial charge in [-0.3, -0.25) is 9.78 Å². The van der Waals surface area contributed by atoms with Crippen LogP contribution in [0, 0.1) is 0 Å². The van der Waals surface area contributed by atoms with Crippen molar-refractivity contribution in [2.45, 2.75) is 0 Å². The summed E-state index contributed by atoms with van der Waals surface area (Å²) in [5.41, 5.74) is 4.32. The van der Waals surface area contributed by atoms with E-state index in [0.717, 1.165) is 0 Å². The molecule has 0 spiro atoms. The molecule has 10 heteroatoms. The third-order valence-electron chi connectivity index (χ3n) is 4.84. The Morgan fingerprint density at radius 2 is 1.41 bits per heavy atom. The molecule has 0 radical (unpaired) electrons. The van der Waals surface area contributed by atoms with Crippen LogP contribution in [0.1, 0.15) is 15.4 Å². The Morgan fingerprint density at radius 3 is 1.90 bits per heavy atom. The number of thiocarbonyl (C=S) groups is 1. The van der Waals surface area contributed by atoms with Gasteiger partial charge in [-0.2, -0.15) is 10.3 Å². The molecule has 198 valence electrons. The molecule has 0 aliphatic rings. The number of nitrogens with one attached hydrogen (secondary N) is 1. The summed E-state index contributed by atoms with van der Waals surface area (Å²) in [6.45, 7) is 0. The molecule has 0 fully saturated rings. The van der Waals surface area contributed by atoms with Crippen molar-refractivity contribution in [2.24, 2.45) is 5.10 Å². The van der Waals surface area contributed by atoms with Crippen LogP contribution >= 0.6 is 31.5 Å². The number of hydrazone groups is 1. The summed E-state index contributed by atoms with van der Waals surface area (Å²) in [5, 5.41) is 16.9. The van der Waals surface area contributed by atoms with Gasteiger partial charge in [-0.25, -0.2) is 10.4 Å². The van der Waals surface area contributed by atoms with Crippen LogP contribution in [0.3, 0.4) is 0 Å². The van der Waals surface area contributed by atoms with Crippen LogP contribution in [0.2, 0.25) is 0 Å². The van der Waals surface area contributed by atoms with Gasteiger partial charge in [0.1, 0.15) is 18.5 Å². The monoisotopic (exact) mass is 616 g/mol. The fourth-order valence-electron chi connectivity index (χ4n) is 3.25. The van der Waals surface area contributed by atoms with Gasteiger partial charge in [0.05, 0.1) is 16.8 Å². The quantitative estimate of drug-likeness (QED) is 0.0941. The van der Waals surface area contributed by atoms with Gasteiger partial charge in [0.25, 0.3) is 5.91 Å². The predicted molar refractivity (Wildman–Crippen MR) is 164 cm³/mol. The average molecular weight is 617 g/mol. The van der Waals surface area contributed by atoms with Gasteiger partial charge in [0, 0.05) is 18.5 Å². The third kappa shape index (κ3) is 10.9. The zero-order valence-corrected chi connectivity index (χ0v) is 24.1. The number of carbonyl (C=O) groups excluding carboxylic acids is 1. The number of hydrogen-bond acceptors (Lipinski definition) is 6. The Hall–Kier alpha value is -3.67. The number of aromatic nitrogens is 2. The Bertz CT molecular complexity index is 1330. The van der Waals surface area contributed by atoms with E-state index in [1.54, 1.807) is 18.3 Å². The van der Waals surface area contributed by atoms with Crippen molar-refractivity contribution in [2.75, 3.05) is 0 Å². The topological polar surface area (TPSA) is 89.5 Å². The molecule has 5 aromatic rings. The number of pyridine rings is 2. The zero-order chi connectivity index (χ0) is 26.8. The number of hydrogen-bond donors (Lipinski definition) is 1. The minimum Gasteiger partial charge on any atom is -0.753 e. The molecule has 0 saturated heterocycles. The molecule has 5 rings (SSSR count). The largest absolute Gasteiger partial charge is 1.00 e. The first-order valence-electron chi connectivity index (χ1n) is 11.4. The molecule has 3 aromatic heterocycles. The van der Waals surface area contributed by atoms with Crippen molar-refractivity contribution >= 4 is 64.8 Å². The van der Waals surface area contributed by atoms with Crippen LogP contribution in [0.4, 0.5) is 0 Å². The standard InChI is InChI=1S/C17H14NP.C11H9N3OS.CNS.Cu/c1-3-9-15(10-4-1)19(16-11-5-2-6-12-16)17-13-7-8-14-18-17;15-11(10-5-3-7-16-10)14-13-8-9-4-1-2-6-12-9;2-1-3;/h1-14H;1-8H,(H,14,15);;/q;;-1;+1/p+1/b;13-8+;;. The molecule has 1 N–H and O–H groups in total. The molecule has 0 unspecified atom stereocenters. The summed E-state index contributed by atoms with van der Waals surface area (Å²) in [7, 11) is -0.988. The molecule has 0 saturated carbocycles.